The van der Waals surface area contributed by atoms with Gasteiger partial charge in [-0.25, -0.2) is 4.79 Å². The monoisotopic (exact) mass is 370 g/mol. The average Bonchev–Trinajstić information content (AvgIpc) is 3.00. The van der Waals surface area contributed by atoms with Crippen molar-refractivity contribution in [3.05, 3.63) is 51.3 Å². The van der Waals surface area contributed by atoms with E-state index in [0.29, 0.717) is 5.69 Å². The minimum absolute atomic E-state index is 0.0637. The summed E-state index contributed by atoms with van der Waals surface area (Å²) in [5.41, 5.74) is -0.830. The Kier molecular flexibility index (Phi) is 5.20. The van der Waals surface area contributed by atoms with Crippen LogP contribution in [-0.2, 0) is 10.3 Å². The van der Waals surface area contributed by atoms with Crippen LogP contribution in [0, 0.1) is 0 Å². The molecule has 0 aliphatic carbocycles. The van der Waals surface area contributed by atoms with Gasteiger partial charge in [0, 0.05) is 6.07 Å². The van der Waals surface area contributed by atoms with Crippen LogP contribution in [0.5, 0.6) is 0 Å². The highest BCUT2D eigenvalue weighted by Gasteiger charge is 2.38. The van der Waals surface area contributed by atoms with Crippen LogP contribution in [0.1, 0.15) is 48.5 Å². The lowest BCUT2D eigenvalue weighted by Gasteiger charge is -2.26. The van der Waals surface area contributed by atoms with Crippen LogP contribution >= 0.6 is 23.2 Å². The zero-order chi connectivity index (χ0) is 18.1. The lowest BCUT2D eigenvalue weighted by Crippen LogP contribution is -2.49. The van der Waals surface area contributed by atoms with Gasteiger partial charge in [0.25, 0.3) is 5.91 Å². The summed E-state index contributed by atoms with van der Waals surface area (Å²) in [6, 6.07) is 5.84. The Balaban J connectivity index is 2.34. The molecule has 1 aromatic heterocycles. The van der Waals surface area contributed by atoms with E-state index >= 15 is 0 Å². The van der Waals surface area contributed by atoms with Gasteiger partial charge in [0.2, 0.25) is 5.76 Å². The first-order valence-electron chi connectivity index (χ1n) is 7.13. The highest BCUT2D eigenvalue weighted by atomic mass is 35.5. The minimum atomic E-state index is -1.71. The van der Waals surface area contributed by atoms with Gasteiger partial charge >= 0.3 is 5.97 Å². The van der Waals surface area contributed by atoms with Gasteiger partial charge in [-0.15, -0.1) is 0 Å². The SMILES string of the molecule is CC(C)c1cc(C(=O)NC(C)(C(=O)O)c2ccc(Cl)c(Cl)c2)on1. The Morgan fingerprint density at radius 1 is 1.25 bits per heavy atom. The fraction of sp³-hybridized carbons (Fsp3) is 0.312. The second-order valence-corrected chi connectivity index (χ2v) is 6.60. The molecule has 0 fully saturated rings. The fourth-order valence-corrected chi connectivity index (χ4v) is 2.31. The van der Waals surface area contributed by atoms with E-state index in [9.17, 15) is 14.7 Å². The molecule has 1 aromatic carbocycles. The molecule has 1 heterocycles. The number of rotatable bonds is 5. The number of nitrogens with one attached hydrogen (secondary N) is 1. The predicted octanol–water partition coefficient (Wildman–Crippen LogP) is 3.83. The molecule has 0 saturated heterocycles. The molecule has 8 heteroatoms. The van der Waals surface area contributed by atoms with Gasteiger partial charge in [0.05, 0.1) is 15.7 Å². The van der Waals surface area contributed by atoms with Crippen molar-refractivity contribution in [3.8, 4) is 0 Å². The largest absolute Gasteiger partial charge is 0.479 e. The lowest BCUT2D eigenvalue weighted by molar-refractivity contribution is -0.144. The van der Waals surface area contributed by atoms with Crippen LogP contribution < -0.4 is 5.32 Å². The number of benzene rings is 1. The second kappa shape index (κ2) is 6.83. The molecule has 2 rings (SSSR count). The van der Waals surface area contributed by atoms with Crippen molar-refractivity contribution in [2.45, 2.75) is 32.2 Å². The maximum atomic E-state index is 12.4. The van der Waals surface area contributed by atoms with E-state index in [1.807, 2.05) is 13.8 Å². The van der Waals surface area contributed by atoms with E-state index in [0.717, 1.165) is 0 Å². The summed E-state index contributed by atoms with van der Waals surface area (Å²) >= 11 is 11.8. The van der Waals surface area contributed by atoms with Crippen LogP contribution in [-0.4, -0.2) is 22.1 Å². The summed E-state index contributed by atoms with van der Waals surface area (Å²) in [5.74, 6) is -1.93. The van der Waals surface area contributed by atoms with E-state index in [1.165, 1.54) is 31.2 Å². The lowest BCUT2D eigenvalue weighted by atomic mass is 9.92. The van der Waals surface area contributed by atoms with Gasteiger partial charge < -0.3 is 14.9 Å². The van der Waals surface area contributed by atoms with Crippen LogP contribution in [0.3, 0.4) is 0 Å². The van der Waals surface area contributed by atoms with Gasteiger partial charge in [-0.1, -0.05) is 48.3 Å². The summed E-state index contributed by atoms with van der Waals surface area (Å²) in [4.78, 5) is 24.1. The summed E-state index contributed by atoms with van der Waals surface area (Å²) in [6.45, 7) is 5.15. The number of aromatic nitrogens is 1. The quantitative estimate of drug-likeness (QED) is 0.833. The highest BCUT2D eigenvalue weighted by Crippen LogP contribution is 2.29. The van der Waals surface area contributed by atoms with E-state index in [4.69, 9.17) is 27.7 Å². The van der Waals surface area contributed by atoms with Crippen LogP contribution in [0.4, 0.5) is 0 Å². The third kappa shape index (κ3) is 3.55. The molecular formula is C16H16Cl2N2O4. The molecule has 0 radical (unpaired) electrons. The maximum Gasteiger partial charge on any atom is 0.333 e. The topological polar surface area (TPSA) is 92.4 Å². The molecule has 0 saturated carbocycles. The number of amides is 1. The van der Waals surface area contributed by atoms with Crippen molar-refractivity contribution in [2.75, 3.05) is 0 Å². The molecule has 1 unspecified atom stereocenters. The van der Waals surface area contributed by atoms with Crippen molar-refractivity contribution in [3.63, 3.8) is 0 Å². The Bertz CT molecular complexity index is 788. The molecule has 2 aromatic rings. The summed E-state index contributed by atoms with van der Waals surface area (Å²) in [6.07, 6.45) is 0. The number of nitrogens with zero attached hydrogens (tertiary/aromatic N) is 1. The smallest absolute Gasteiger partial charge is 0.333 e. The molecular weight excluding hydrogens is 355 g/mol. The molecule has 0 spiro atoms. The van der Waals surface area contributed by atoms with Crippen molar-refractivity contribution in [1.82, 2.24) is 10.5 Å². The number of halogens is 2. The van der Waals surface area contributed by atoms with E-state index < -0.39 is 17.4 Å². The number of carbonyl (C=O) groups excluding carboxylic acids is 1. The van der Waals surface area contributed by atoms with Gasteiger partial charge in [0.1, 0.15) is 0 Å². The molecule has 24 heavy (non-hydrogen) atoms. The highest BCUT2D eigenvalue weighted by molar-refractivity contribution is 6.42. The molecule has 1 atom stereocenters. The zero-order valence-electron chi connectivity index (χ0n) is 13.3. The Morgan fingerprint density at radius 2 is 1.92 bits per heavy atom. The molecule has 0 bridgehead atoms. The van der Waals surface area contributed by atoms with Crippen molar-refractivity contribution < 1.29 is 19.2 Å². The van der Waals surface area contributed by atoms with Crippen LogP contribution in [0.2, 0.25) is 10.0 Å². The molecule has 128 valence electrons. The summed E-state index contributed by atoms with van der Waals surface area (Å²) in [7, 11) is 0. The minimum Gasteiger partial charge on any atom is -0.479 e. The standard InChI is InChI=1S/C16H16Cl2N2O4/c1-8(2)12-7-13(24-20-12)14(21)19-16(3,15(22)23)9-4-5-10(17)11(18)6-9/h4-8H,1-3H3,(H,19,21)(H,22,23). The number of hydrogen-bond acceptors (Lipinski definition) is 4. The third-order valence-electron chi connectivity index (χ3n) is 3.63. The van der Waals surface area contributed by atoms with Gasteiger partial charge in [-0.2, -0.15) is 0 Å². The van der Waals surface area contributed by atoms with E-state index in [1.54, 1.807) is 0 Å². The normalized spacial score (nSPS) is 13.6. The molecule has 6 nitrogen and oxygen atoms in total. The number of carboxylic acids is 1. The Hall–Kier alpha value is -2.05. The number of aliphatic carboxylic acids is 1. The van der Waals surface area contributed by atoms with Crippen molar-refractivity contribution in [2.24, 2.45) is 0 Å². The van der Waals surface area contributed by atoms with Crippen molar-refractivity contribution >= 4 is 35.1 Å². The molecule has 0 aliphatic rings. The van der Waals surface area contributed by atoms with E-state index in [2.05, 4.69) is 10.5 Å². The third-order valence-corrected chi connectivity index (χ3v) is 4.37. The second-order valence-electron chi connectivity index (χ2n) is 5.78. The average molecular weight is 371 g/mol. The summed E-state index contributed by atoms with van der Waals surface area (Å²) < 4.78 is 4.99. The molecule has 1 amide bonds. The first-order chi connectivity index (χ1) is 11.1. The predicted molar refractivity (Wildman–Crippen MR) is 89.5 cm³/mol. The van der Waals surface area contributed by atoms with Gasteiger partial charge in [0.15, 0.2) is 5.54 Å². The Labute approximate surface area is 148 Å². The molecule has 0 aliphatic heterocycles. The van der Waals surface area contributed by atoms with Crippen LogP contribution in [0.15, 0.2) is 28.8 Å². The molecule has 2 N–H and O–H groups in total. The summed E-state index contributed by atoms with van der Waals surface area (Å²) in [5, 5.41) is 16.3. The van der Waals surface area contributed by atoms with Crippen LogP contribution in [0.25, 0.3) is 0 Å². The maximum absolute atomic E-state index is 12.4. The van der Waals surface area contributed by atoms with Crippen molar-refractivity contribution in [1.29, 1.82) is 0 Å². The first kappa shape index (κ1) is 18.3. The number of carboxylic acid groups (broad SMARTS) is 1. The fourth-order valence-electron chi connectivity index (χ4n) is 2.01. The Morgan fingerprint density at radius 3 is 2.42 bits per heavy atom. The van der Waals surface area contributed by atoms with E-state index in [-0.39, 0.29) is 27.3 Å². The number of carbonyl (C=O) groups is 2. The van der Waals surface area contributed by atoms with Gasteiger partial charge in [-0.3, -0.25) is 4.79 Å². The van der Waals surface area contributed by atoms with Gasteiger partial charge in [-0.05, 0) is 30.5 Å². The number of hydrogen-bond donors (Lipinski definition) is 2. The first-order valence-corrected chi connectivity index (χ1v) is 7.88. The zero-order valence-corrected chi connectivity index (χ0v) is 14.8.